The van der Waals surface area contributed by atoms with E-state index < -0.39 is 21.8 Å². The van der Waals surface area contributed by atoms with Gasteiger partial charge in [0.1, 0.15) is 0 Å². The van der Waals surface area contributed by atoms with Gasteiger partial charge in [-0.25, -0.2) is 8.42 Å². The fraction of sp³-hybridized carbons (Fsp3) is 0.303. The van der Waals surface area contributed by atoms with E-state index in [1.54, 1.807) is 24.5 Å². The largest absolute Gasteiger partial charge is 0.416 e. The number of nitrogens with one attached hydrogen (secondary N) is 1. The Morgan fingerprint density at radius 2 is 1.36 bits per heavy atom. The van der Waals surface area contributed by atoms with E-state index in [1.807, 2.05) is 24.3 Å². The summed E-state index contributed by atoms with van der Waals surface area (Å²) in [6.45, 7) is 0.920. The van der Waals surface area contributed by atoms with Crippen molar-refractivity contribution in [3.05, 3.63) is 120 Å². The highest BCUT2D eigenvalue weighted by molar-refractivity contribution is 7.89. The van der Waals surface area contributed by atoms with Gasteiger partial charge in [-0.3, -0.25) is 4.98 Å². The first-order valence-corrected chi connectivity index (χ1v) is 15.6. The van der Waals surface area contributed by atoms with Crippen molar-refractivity contribution < 1.29 is 21.6 Å². The van der Waals surface area contributed by atoms with Crippen LogP contribution in [0.3, 0.4) is 0 Å². The average molecular weight is 594 g/mol. The summed E-state index contributed by atoms with van der Waals surface area (Å²) in [5, 5.41) is 3.67. The van der Waals surface area contributed by atoms with E-state index >= 15 is 0 Å². The molecule has 1 N–H and O–H groups in total. The molecule has 0 saturated heterocycles. The first-order chi connectivity index (χ1) is 20.2. The zero-order valence-corrected chi connectivity index (χ0v) is 24.0. The van der Waals surface area contributed by atoms with Crippen LogP contribution in [0.5, 0.6) is 0 Å². The van der Waals surface area contributed by atoms with Gasteiger partial charge < -0.3 is 5.32 Å². The van der Waals surface area contributed by atoms with Crippen molar-refractivity contribution in [3.63, 3.8) is 0 Å². The molecule has 1 fully saturated rings. The van der Waals surface area contributed by atoms with Gasteiger partial charge in [0.2, 0.25) is 10.0 Å². The van der Waals surface area contributed by atoms with Crippen molar-refractivity contribution in [2.24, 2.45) is 0 Å². The quantitative estimate of drug-likeness (QED) is 0.206. The third-order valence-electron chi connectivity index (χ3n) is 7.70. The van der Waals surface area contributed by atoms with E-state index in [0.717, 1.165) is 47.5 Å². The minimum absolute atomic E-state index is 0.0231. The Bertz CT molecular complexity index is 1540. The van der Waals surface area contributed by atoms with Crippen LogP contribution in [0.4, 0.5) is 13.2 Å². The normalized spacial score (nSPS) is 14.8. The molecule has 0 bridgehead atoms. The number of hydrogen-bond donors (Lipinski definition) is 1. The SMILES string of the molecule is O=S(=O)(c1ccc(C(F)(F)F)cc1)N(Cc1ccc(-c2ccc(CNC3CCCCC3)cc2)cc1)Cc1cccnc1. The third kappa shape index (κ3) is 7.65. The van der Waals surface area contributed by atoms with E-state index in [1.165, 1.54) is 42.0 Å². The fourth-order valence-corrected chi connectivity index (χ4v) is 6.69. The molecule has 42 heavy (non-hydrogen) atoms. The first kappa shape index (κ1) is 29.9. The molecule has 0 amide bonds. The maximum atomic E-state index is 13.6. The highest BCUT2D eigenvalue weighted by Gasteiger charge is 2.32. The number of nitrogens with zero attached hydrogens (tertiary/aromatic N) is 2. The van der Waals surface area contributed by atoms with Crippen LogP contribution < -0.4 is 5.32 Å². The fourth-order valence-electron chi connectivity index (χ4n) is 5.28. The smallest absolute Gasteiger partial charge is 0.310 e. The topological polar surface area (TPSA) is 62.3 Å². The van der Waals surface area contributed by atoms with Crippen LogP contribution >= 0.6 is 0 Å². The van der Waals surface area contributed by atoms with Crippen molar-refractivity contribution in [2.75, 3.05) is 0 Å². The molecule has 0 spiro atoms. The van der Waals surface area contributed by atoms with Crippen LogP contribution in [0.2, 0.25) is 0 Å². The van der Waals surface area contributed by atoms with Gasteiger partial charge in [0.25, 0.3) is 0 Å². The summed E-state index contributed by atoms with van der Waals surface area (Å²) < 4.78 is 67.6. The molecule has 0 radical (unpaired) electrons. The number of aromatic nitrogens is 1. The lowest BCUT2D eigenvalue weighted by Gasteiger charge is -2.23. The number of sulfonamides is 1. The number of benzene rings is 3. The molecule has 1 saturated carbocycles. The van der Waals surface area contributed by atoms with Gasteiger partial charge in [-0.05, 0) is 71.0 Å². The molecule has 9 heteroatoms. The number of alkyl halides is 3. The Labute approximate surface area is 245 Å². The molecular weight excluding hydrogens is 559 g/mol. The summed E-state index contributed by atoms with van der Waals surface area (Å²) >= 11 is 0. The molecule has 1 heterocycles. The van der Waals surface area contributed by atoms with Crippen LogP contribution in [0.25, 0.3) is 11.1 Å². The monoisotopic (exact) mass is 593 g/mol. The lowest BCUT2D eigenvalue weighted by Crippen LogP contribution is -2.30. The zero-order chi connectivity index (χ0) is 29.6. The highest BCUT2D eigenvalue weighted by atomic mass is 32.2. The van der Waals surface area contributed by atoms with E-state index in [9.17, 15) is 21.6 Å². The summed E-state index contributed by atoms with van der Waals surface area (Å²) in [6, 6.07) is 23.8. The second kappa shape index (κ2) is 13.2. The molecule has 0 atom stereocenters. The van der Waals surface area contributed by atoms with Gasteiger partial charge >= 0.3 is 6.18 Å². The van der Waals surface area contributed by atoms with Gasteiger partial charge in [0.05, 0.1) is 10.5 Å². The minimum atomic E-state index is -4.55. The summed E-state index contributed by atoms with van der Waals surface area (Å²) in [6.07, 6.45) is 5.05. The average Bonchev–Trinajstić information content (AvgIpc) is 3.01. The van der Waals surface area contributed by atoms with E-state index in [0.29, 0.717) is 11.6 Å². The molecule has 1 aliphatic carbocycles. The van der Waals surface area contributed by atoms with Crippen molar-refractivity contribution >= 4 is 10.0 Å². The lowest BCUT2D eigenvalue weighted by atomic mass is 9.95. The number of pyridine rings is 1. The molecule has 0 aliphatic heterocycles. The van der Waals surface area contributed by atoms with Gasteiger partial charge in [0, 0.05) is 38.1 Å². The summed E-state index contributed by atoms with van der Waals surface area (Å²) in [4.78, 5) is 3.87. The molecule has 5 rings (SSSR count). The lowest BCUT2D eigenvalue weighted by molar-refractivity contribution is -0.137. The summed E-state index contributed by atoms with van der Waals surface area (Å²) in [5.41, 5.74) is 3.83. The van der Waals surface area contributed by atoms with Crippen molar-refractivity contribution in [1.82, 2.24) is 14.6 Å². The standard InChI is InChI=1S/C33H34F3N3O2S/c34-33(35,36)30-16-18-32(19-17-30)42(40,41)39(24-27-5-4-20-37-21-27)23-26-10-14-29(15-11-26)28-12-8-25(9-13-28)22-38-31-6-2-1-3-7-31/h4-5,8-21,31,38H,1-3,6-7,22-24H2. The Morgan fingerprint density at radius 3 is 1.93 bits per heavy atom. The van der Waals surface area contributed by atoms with Crippen LogP contribution in [-0.2, 0) is 35.8 Å². The van der Waals surface area contributed by atoms with Crippen LogP contribution in [0, 0.1) is 0 Å². The van der Waals surface area contributed by atoms with Crippen molar-refractivity contribution in [2.45, 2.75) is 68.9 Å². The van der Waals surface area contributed by atoms with Gasteiger partial charge in [-0.15, -0.1) is 0 Å². The predicted molar refractivity (Wildman–Crippen MR) is 158 cm³/mol. The van der Waals surface area contributed by atoms with Gasteiger partial charge in [-0.1, -0.05) is 73.9 Å². The number of hydrogen-bond acceptors (Lipinski definition) is 4. The second-order valence-electron chi connectivity index (χ2n) is 10.8. The van der Waals surface area contributed by atoms with E-state index in [2.05, 4.69) is 34.6 Å². The maximum absolute atomic E-state index is 13.6. The second-order valence-corrected chi connectivity index (χ2v) is 12.7. The Balaban J connectivity index is 1.30. The number of halogens is 3. The molecule has 1 aliphatic rings. The summed E-state index contributed by atoms with van der Waals surface area (Å²) in [5.74, 6) is 0. The van der Waals surface area contributed by atoms with Crippen molar-refractivity contribution in [1.29, 1.82) is 0 Å². The predicted octanol–water partition coefficient (Wildman–Crippen LogP) is 7.58. The van der Waals surface area contributed by atoms with Gasteiger partial charge in [0.15, 0.2) is 0 Å². The van der Waals surface area contributed by atoms with Crippen molar-refractivity contribution in [3.8, 4) is 11.1 Å². The molecular formula is C33H34F3N3O2S. The van der Waals surface area contributed by atoms with E-state index in [-0.39, 0.29) is 18.0 Å². The molecule has 5 nitrogen and oxygen atoms in total. The highest BCUT2D eigenvalue weighted by Crippen LogP contribution is 2.31. The maximum Gasteiger partial charge on any atom is 0.416 e. The zero-order valence-electron chi connectivity index (χ0n) is 23.2. The van der Waals surface area contributed by atoms with Gasteiger partial charge in [-0.2, -0.15) is 17.5 Å². The Kier molecular flexibility index (Phi) is 9.40. The summed E-state index contributed by atoms with van der Waals surface area (Å²) in [7, 11) is -4.11. The first-order valence-electron chi connectivity index (χ1n) is 14.2. The minimum Gasteiger partial charge on any atom is -0.310 e. The van der Waals surface area contributed by atoms with Crippen LogP contribution in [-0.4, -0.2) is 23.7 Å². The Morgan fingerprint density at radius 1 is 0.762 bits per heavy atom. The van der Waals surface area contributed by atoms with E-state index in [4.69, 9.17) is 0 Å². The van der Waals surface area contributed by atoms with Crippen LogP contribution in [0.15, 0.2) is 102 Å². The molecule has 1 aromatic heterocycles. The number of rotatable bonds is 10. The molecule has 0 unspecified atom stereocenters. The third-order valence-corrected chi connectivity index (χ3v) is 9.51. The van der Waals surface area contributed by atoms with Crippen LogP contribution in [0.1, 0.15) is 54.4 Å². The molecule has 4 aromatic rings. The Hall–Kier alpha value is -3.53. The molecule has 220 valence electrons. The molecule has 3 aromatic carbocycles.